The monoisotopic (exact) mass is 620 g/mol. The van der Waals surface area contributed by atoms with Crippen LogP contribution in [0.2, 0.25) is 0 Å². The smallest absolute Gasteiger partial charge is 0.416 e. The van der Waals surface area contributed by atoms with Crippen LogP contribution in [0.4, 0.5) is 36.4 Å². The summed E-state index contributed by atoms with van der Waals surface area (Å²) in [7, 11) is 0. The predicted octanol–water partition coefficient (Wildman–Crippen LogP) is 6.13. The maximum atomic E-state index is 14.1. The molecule has 4 unspecified atom stereocenters. The number of nitrogens with zero attached hydrogens (tertiary/aromatic N) is 4. The largest absolute Gasteiger partial charge is 0.418 e. The topological polar surface area (TPSA) is 106 Å². The van der Waals surface area contributed by atoms with Crippen molar-refractivity contribution in [3.05, 3.63) is 88.8 Å². The van der Waals surface area contributed by atoms with Crippen LogP contribution in [0, 0.1) is 11.7 Å². The number of fused-ring (bicyclic) bond motifs is 2. The molecule has 6 rings (SSSR count). The highest BCUT2D eigenvalue weighted by Crippen LogP contribution is 2.44. The third-order valence-electron chi connectivity index (χ3n) is 8.02. The first-order valence-electron chi connectivity index (χ1n) is 13.6. The Morgan fingerprint density at radius 3 is 2.30 bits per heavy atom. The highest BCUT2D eigenvalue weighted by atomic mass is 19.4. The summed E-state index contributed by atoms with van der Waals surface area (Å²) in [4.78, 5) is 22.0. The second-order valence-corrected chi connectivity index (χ2v) is 10.8. The van der Waals surface area contributed by atoms with Gasteiger partial charge in [0.2, 0.25) is 17.6 Å². The lowest BCUT2D eigenvalue weighted by Gasteiger charge is -2.22. The van der Waals surface area contributed by atoms with Crippen LogP contribution in [0.25, 0.3) is 11.7 Å². The van der Waals surface area contributed by atoms with E-state index in [2.05, 4.69) is 30.8 Å². The predicted molar refractivity (Wildman–Crippen MR) is 141 cm³/mol. The number of carbonyl (C=O) groups is 1. The fourth-order valence-corrected chi connectivity index (χ4v) is 5.96. The van der Waals surface area contributed by atoms with Crippen molar-refractivity contribution in [3.63, 3.8) is 0 Å². The van der Waals surface area contributed by atoms with Crippen LogP contribution < -0.4 is 10.6 Å². The Balaban J connectivity index is 1.30. The molecule has 2 fully saturated rings. The molecule has 2 bridgehead atoms. The molecule has 44 heavy (non-hydrogen) atoms. The number of benzene rings is 2. The molecule has 3 heterocycles. The number of rotatable bonds is 7. The standard InChI is InChI=1S/C29H23F7N6O2/c30-17-3-5-18(6-4-17)40-26(43)20(19-7-2-16(28(31,32)33)9-21(19)29(34,35)36)10-23-41-42-27(44-23)25-38-12-15(13-39-25)24-14-1-8-22(24)37-11-14/h2-7,9,12-14,20,22,24,37H,1,8,10-11H2,(H,40,43). The molecule has 4 aromatic rings. The molecule has 1 aliphatic heterocycles. The fourth-order valence-electron chi connectivity index (χ4n) is 5.96. The average Bonchev–Trinajstić information content (AvgIpc) is 3.73. The molecule has 2 aromatic heterocycles. The summed E-state index contributed by atoms with van der Waals surface area (Å²) in [6.07, 6.45) is -5.41. The molecule has 1 saturated carbocycles. The normalized spacial score (nSPS) is 20.6. The Hall–Kier alpha value is -4.40. The number of nitrogens with one attached hydrogen (secondary N) is 2. The number of piperidine rings is 1. The highest BCUT2D eigenvalue weighted by Gasteiger charge is 2.43. The molecule has 8 nitrogen and oxygen atoms in total. The highest BCUT2D eigenvalue weighted by molar-refractivity contribution is 5.96. The van der Waals surface area contributed by atoms with Gasteiger partial charge in [0.05, 0.1) is 17.0 Å². The number of amides is 1. The summed E-state index contributed by atoms with van der Waals surface area (Å²) in [5.41, 5.74) is -2.93. The van der Waals surface area contributed by atoms with Gasteiger partial charge in [0.15, 0.2) is 0 Å². The van der Waals surface area contributed by atoms with E-state index in [0.29, 0.717) is 24.1 Å². The summed E-state index contributed by atoms with van der Waals surface area (Å²) in [5.74, 6) is -2.98. The van der Waals surface area contributed by atoms with Gasteiger partial charge >= 0.3 is 12.4 Å². The lowest BCUT2D eigenvalue weighted by Crippen LogP contribution is -2.26. The SMILES string of the molecule is O=C(Nc1ccc(F)cc1)C(Cc1nnc(-c2ncc(C3C4CCC3NC4)cn2)o1)c1ccc(C(F)(F)F)cc1C(F)(F)F. The van der Waals surface area contributed by atoms with Gasteiger partial charge in [-0.05, 0) is 72.8 Å². The van der Waals surface area contributed by atoms with Gasteiger partial charge in [-0.15, -0.1) is 10.2 Å². The first-order chi connectivity index (χ1) is 20.9. The maximum absolute atomic E-state index is 14.1. The minimum Gasteiger partial charge on any atom is -0.418 e. The van der Waals surface area contributed by atoms with E-state index in [0.717, 1.165) is 37.1 Å². The summed E-state index contributed by atoms with van der Waals surface area (Å²) in [5, 5.41) is 13.6. The third kappa shape index (κ3) is 6.00. The van der Waals surface area contributed by atoms with Crippen molar-refractivity contribution >= 4 is 11.6 Å². The Bertz CT molecular complexity index is 1630. The molecule has 1 amide bonds. The van der Waals surface area contributed by atoms with Gasteiger partial charge in [-0.25, -0.2) is 14.4 Å². The van der Waals surface area contributed by atoms with E-state index in [-0.39, 0.29) is 35.3 Å². The first kappa shape index (κ1) is 29.7. The van der Waals surface area contributed by atoms with Gasteiger partial charge in [-0.3, -0.25) is 4.79 Å². The zero-order valence-electron chi connectivity index (χ0n) is 22.6. The summed E-state index contributed by atoms with van der Waals surface area (Å²) >= 11 is 0. The molecule has 4 atom stereocenters. The number of hydrogen-bond acceptors (Lipinski definition) is 7. The maximum Gasteiger partial charge on any atom is 0.416 e. The lowest BCUT2D eigenvalue weighted by molar-refractivity contribution is -0.143. The zero-order valence-corrected chi connectivity index (χ0v) is 22.6. The van der Waals surface area contributed by atoms with Crippen molar-refractivity contribution in [3.8, 4) is 11.7 Å². The van der Waals surface area contributed by atoms with Crippen LogP contribution in [-0.2, 0) is 23.6 Å². The van der Waals surface area contributed by atoms with Crippen molar-refractivity contribution in [2.24, 2.45) is 5.92 Å². The Morgan fingerprint density at radius 1 is 0.977 bits per heavy atom. The van der Waals surface area contributed by atoms with Gasteiger partial charge < -0.3 is 15.1 Å². The number of carbonyl (C=O) groups excluding carboxylic acids is 1. The van der Waals surface area contributed by atoms with Gasteiger partial charge in [-0.1, -0.05) is 6.07 Å². The molecule has 2 aromatic carbocycles. The summed E-state index contributed by atoms with van der Waals surface area (Å²) in [6.45, 7) is 0.926. The van der Waals surface area contributed by atoms with E-state index in [1.165, 1.54) is 12.1 Å². The first-order valence-corrected chi connectivity index (χ1v) is 13.6. The quantitative estimate of drug-likeness (QED) is 0.240. The second kappa shape index (κ2) is 11.3. The van der Waals surface area contributed by atoms with Crippen molar-refractivity contribution in [2.45, 2.75) is 49.5 Å². The Labute approximate surface area is 245 Å². The van der Waals surface area contributed by atoms with Gasteiger partial charge in [0.25, 0.3) is 5.89 Å². The molecule has 0 spiro atoms. The van der Waals surface area contributed by atoms with Crippen LogP contribution in [0.1, 0.15) is 52.8 Å². The Kier molecular flexibility index (Phi) is 7.59. The van der Waals surface area contributed by atoms with E-state index in [4.69, 9.17) is 4.42 Å². The van der Waals surface area contributed by atoms with Crippen molar-refractivity contribution in [1.29, 1.82) is 0 Å². The third-order valence-corrected chi connectivity index (χ3v) is 8.02. The van der Waals surface area contributed by atoms with Crippen LogP contribution >= 0.6 is 0 Å². The molecule has 1 saturated heterocycles. The number of halogens is 7. The van der Waals surface area contributed by atoms with Gasteiger partial charge in [-0.2, -0.15) is 26.3 Å². The molecular weight excluding hydrogens is 597 g/mol. The van der Waals surface area contributed by atoms with E-state index in [1.54, 1.807) is 12.4 Å². The molecule has 1 aliphatic carbocycles. The van der Waals surface area contributed by atoms with E-state index in [9.17, 15) is 35.5 Å². The van der Waals surface area contributed by atoms with Crippen LogP contribution in [0.15, 0.2) is 59.3 Å². The van der Waals surface area contributed by atoms with Gasteiger partial charge in [0.1, 0.15) is 5.82 Å². The number of aromatic nitrogens is 4. The summed E-state index contributed by atoms with van der Waals surface area (Å²) < 4.78 is 101. The number of anilines is 1. The number of hydrogen-bond donors (Lipinski definition) is 2. The molecule has 15 heteroatoms. The van der Waals surface area contributed by atoms with Crippen molar-refractivity contribution in [2.75, 3.05) is 11.9 Å². The van der Waals surface area contributed by atoms with Gasteiger partial charge in [0, 0.05) is 36.5 Å². The van der Waals surface area contributed by atoms with Crippen LogP contribution in [0.3, 0.4) is 0 Å². The van der Waals surface area contributed by atoms with Crippen molar-refractivity contribution < 1.29 is 39.9 Å². The lowest BCUT2D eigenvalue weighted by atomic mass is 9.89. The van der Waals surface area contributed by atoms with Crippen LogP contribution in [-0.4, -0.2) is 38.7 Å². The van der Waals surface area contributed by atoms with Crippen molar-refractivity contribution in [1.82, 2.24) is 25.5 Å². The minimum absolute atomic E-state index is 0.0474. The molecular formula is C29H23F7N6O2. The molecule has 2 aliphatic rings. The molecule has 230 valence electrons. The molecule has 0 radical (unpaired) electrons. The zero-order chi connectivity index (χ0) is 31.2. The number of alkyl halides is 6. The molecule has 2 N–H and O–H groups in total. The second-order valence-electron chi connectivity index (χ2n) is 10.8. The fraction of sp³-hybridized carbons (Fsp3) is 0.345. The Morgan fingerprint density at radius 2 is 1.70 bits per heavy atom. The van der Waals surface area contributed by atoms with E-state index in [1.807, 2.05) is 0 Å². The summed E-state index contributed by atoms with van der Waals surface area (Å²) in [6, 6.07) is 5.78. The van der Waals surface area contributed by atoms with Crippen LogP contribution in [0.5, 0.6) is 0 Å². The minimum atomic E-state index is -5.24. The average molecular weight is 621 g/mol. The van der Waals surface area contributed by atoms with E-state index < -0.39 is 53.1 Å². The van der Waals surface area contributed by atoms with E-state index >= 15 is 0 Å².